The Morgan fingerprint density at radius 2 is 1.95 bits per heavy atom. The average molecular weight is 305 g/mol. The lowest BCUT2D eigenvalue weighted by Gasteiger charge is -2.48. The van der Waals surface area contributed by atoms with Gasteiger partial charge in [0.15, 0.2) is 0 Å². The van der Waals surface area contributed by atoms with Gasteiger partial charge in [-0.15, -0.1) is 0 Å². The summed E-state index contributed by atoms with van der Waals surface area (Å²) in [5, 5.41) is 11.8. The Bertz CT molecular complexity index is 521. The molecule has 0 saturated heterocycles. The number of rotatable bonds is 6. The SMILES string of the molecule is CC(C)C1CC(CC(=O)O)(NC(=O)OCc2ccccc2)C1. The normalized spacial score (nSPS) is 23.7. The van der Waals surface area contributed by atoms with Gasteiger partial charge in [0.1, 0.15) is 6.61 Å². The number of alkyl carbamates (subject to hydrolysis) is 1. The summed E-state index contributed by atoms with van der Waals surface area (Å²) in [6.07, 6.45) is 0.776. The number of amides is 1. The Labute approximate surface area is 130 Å². The molecule has 1 aliphatic carbocycles. The maximum atomic E-state index is 12.0. The molecule has 0 unspecified atom stereocenters. The number of carbonyl (C=O) groups excluding carboxylic acids is 1. The molecule has 2 rings (SSSR count). The van der Waals surface area contributed by atoms with E-state index in [0.29, 0.717) is 24.7 Å². The number of nitrogens with one attached hydrogen (secondary N) is 1. The third-order valence-corrected chi connectivity index (χ3v) is 4.32. The van der Waals surface area contributed by atoms with Crippen molar-refractivity contribution in [3.05, 3.63) is 35.9 Å². The van der Waals surface area contributed by atoms with Crippen molar-refractivity contribution in [1.29, 1.82) is 0 Å². The third-order valence-electron chi connectivity index (χ3n) is 4.32. The van der Waals surface area contributed by atoms with E-state index < -0.39 is 17.6 Å². The molecular weight excluding hydrogens is 282 g/mol. The summed E-state index contributed by atoms with van der Waals surface area (Å²) in [6.45, 7) is 4.41. The molecule has 0 spiro atoms. The van der Waals surface area contributed by atoms with Crippen LogP contribution < -0.4 is 5.32 Å². The first-order chi connectivity index (χ1) is 10.4. The molecule has 0 aromatic heterocycles. The topological polar surface area (TPSA) is 75.6 Å². The number of benzene rings is 1. The van der Waals surface area contributed by atoms with Crippen molar-refractivity contribution in [2.45, 2.75) is 45.3 Å². The predicted molar refractivity (Wildman–Crippen MR) is 82.3 cm³/mol. The minimum Gasteiger partial charge on any atom is -0.481 e. The summed E-state index contributed by atoms with van der Waals surface area (Å²) in [7, 11) is 0. The minimum absolute atomic E-state index is 0.0589. The molecule has 2 N–H and O–H groups in total. The van der Waals surface area contributed by atoms with E-state index in [2.05, 4.69) is 19.2 Å². The fraction of sp³-hybridized carbons (Fsp3) is 0.529. The van der Waals surface area contributed by atoms with Gasteiger partial charge in [0.2, 0.25) is 0 Å². The highest BCUT2D eigenvalue weighted by molar-refractivity contribution is 5.73. The molecule has 1 fully saturated rings. The predicted octanol–water partition coefficient (Wildman–Crippen LogP) is 3.19. The second kappa shape index (κ2) is 6.81. The Morgan fingerprint density at radius 1 is 1.32 bits per heavy atom. The highest BCUT2D eigenvalue weighted by Crippen LogP contribution is 2.44. The summed E-state index contributed by atoms with van der Waals surface area (Å²) < 4.78 is 5.19. The Kier molecular flexibility index (Phi) is 5.06. The van der Waals surface area contributed by atoms with Crippen LogP contribution in [-0.4, -0.2) is 22.7 Å². The van der Waals surface area contributed by atoms with Crippen molar-refractivity contribution in [3.63, 3.8) is 0 Å². The molecule has 120 valence electrons. The second-order valence-corrected chi connectivity index (χ2v) is 6.45. The van der Waals surface area contributed by atoms with E-state index in [1.165, 1.54) is 0 Å². The van der Waals surface area contributed by atoms with Crippen LogP contribution in [0.15, 0.2) is 30.3 Å². The first kappa shape index (κ1) is 16.3. The first-order valence-electron chi connectivity index (χ1n) is 7.61. The van der Waals surface area contributed by atoms with Crippen LogP contribution in [0.3, 0.4) is 0 Å². The standard InChI is InChI=1S/C17H23NO4/c1-12(2)14-8-17(9-14,10-15(19)20)18-16(21)22-11-13-6-4-3-5-7-13/h3-7,12,14H,8-11H2,1-2H3,(H,18,21)(H,19,20). The van der Waals surface area contributed by atoms with E-state index in [4.69, 9.17) is 9.84 Å². The first-order valence-corrected chi connectivity index (χ1v) is 7.61. The van der Waals surface area contributed by atoms with Gasteiger partial charge in [-0.05, 0) is 30.2 Å². The summed E-state index contributed by atoms with van der Waals surface area (Å²) in [6, 6.07) is 9.39. The molecule has 1 aliphatic rings. The van der Waals surface area contributed by atoms with Crippen LogP contribution in [0.2, 0.25) is 0 Å². The van der Waals surface area contributed by atoms with Gasteiger partial charge >= 0.3 is 12.1 Å². The molecule has 5 nitrogen and oxygen atoms in total. The maximum Gasteiger partial charge on any atom is 0.407 e. The van der Waals surface area contributed by atoms with E-state index in [-0.39, 0.29) is 13.0 Å². The zero-order valence-corrected chi connectivity index (χ0v) is 13.0. The van der Waals surface area contributed by atoms with Crippen molar-refractivity contribution >= 4 is 12.1 Å². The van der Waals surface area contributed by atoms with Crippen molar-refractivity contribution in [3.8, 4) is 0 Å². The molecule has 0 aliphatic heterocycles. The Hall–Kier alpha value is -2.04. The molecule has 0 heterocycles. The largest absolute Gasteiger partial charge is 0.481 e. The Morgan fingerprint density at radius 3 is 2.50 bits per heavy atom. The van der Waals surface area contributed by atoms with E-state index in [1.54, 1.807) is 0 Å². The number of hydrogen-bond acceptors (Lipinski definition) is 3. The smallest absolute Gasteiger partial charge is 0.407 e. The fourth-order valence-electron chi connectivity index (χ4n) is 2.97. The van der Waals surface area contributed by atoms with Crippen LogP contribution in [0.1, 0.15) is 38.7 Å². The fourth-order valence-corrected chi connectivity index (χ4v) is 2.97. The lowest BCUT2D eigenvalue weighted by atomic mass is 9.62. The summed E-state index contributed by atoms with van der Waals surface area (Å²) in [5.74, 6) is 0.0448. The molecule has 1 aromatic carbocycles. The van der Waals surface area contributed by atoms with Crippen molar-refractivity contribution < 1.29 is 19.4 Å². The van der Waals surface area contributed by atoms with Gasteiger partial charge in [0, 0.05) is 0 Å². The molecular formula is C17H23NO4. The van der Waals surface area contributed by atoms with Crippen LogP contribution >= 0.6 is 0 Å². The number of carboxylic acid groups (broad SMARTS) is 1. The second-order valence-electron chi connectivity index (χ2n) is 6.45. The molecule has 5 heteroatoms. The van der Waals surface area contributed by atoms with Crippen molar-refractivity contribution in [2.75, 3.05) is 0 Å². The van der Waals surface area contributed by atoms with Gasteiger partial charge < -0.3 is 15.2 Å². The molecule has 22 heavy (non-hydrogen) atoms. The van der Waals surface area contributed by atoms with E-state index in [1.807, 2.05) is 30.3 Å². The van der Waals surface area contributed by atoms with Crippen molar-refractivity contribution in [1.82, 2.24) is 5.32 Å². The minimum atomic E-state index is -0.898. The van der Waals surface area contributed by atoms with Gasteiger partial charge in [0.05, 0.1) is 12.0 Å². The van der Waals surface area contributed by atoms with E-state index in [0.717, 1.165) is 5.56 Å². The quantitative estimate of drug-likeness (QED) is 0.846. The van der Waals surface area contributed by atoms with Gasteiger partial charge in [-0.1, -0.05) is 44.2 Å². The molecule has 1 amide bonds. The lowest BCUT2D eigenvalue weighted by molar-refractivity contribution is -0.140. The zero-order valence-electron chi connectivity index (χ0n) is 13.0. The summed E-state index contributed by atoms with van der Waals surface area (Å²) in [4.78, 5) is 23.0. The van der Waals surface area contributed by atoms with E-state index >= 15 is 0 Å². The van der Waals surface area contributed by atoms with Gasteiger partial charge in [-0.3, -0.25) is 4.79 Å². The van der Waals surface area contributed by atoms with Crippen LogP contribution in [-0.2, 0) is 16.1 Å². The molecule has 1 aromatic rings. The number of ether oxygens (including phenoxy) is 1. The van der Waals surface area contributed by atoms with Crippen LogP contribution in [0, 0.1) is 11.8 Å². The van der Waals surface area contributed by atoms with E-state index in [9.17, 15) is 9.59 Å². The molecule has 1 saturated carbocycles. The van der Waals surface area contributed by atoms with Gasteiger partial charge in [0.25, 0.3) is 0 Å². The zero-order chi connectivity index (χ0) is 16.2. The van der Waals surface area contributed by atoms with Crippen LogP contribution in [0.25, 0.3) is 0 Å². The molecule has 0 bridgehead atoms. The maximum absolute atomic E-state index is 12.0. The summed E-state index contributed by atoms with van der Waals surface area (Å²) >= 11 is 0. The average Bonchev–Trinajstić information content (AvgIpc) is 2.42. The highest BCUT2D eigenvalue weighted by atomic mass is 16.5. The van der Waals surface area contributed by atoms with Gasteiger partial charge in [-0.2, -0.15) is 0 Å². The molecule has 0 atom stereocenters. The van der Waals surface area contributed by atoms with Gasteiger partial charge in [-0.25, -0.2) is 4.79 Å². The van der Waals surface area contributed by atoms with Crippen LogP contribution in [0.4, 0.5) is 4.79 Å². The summed E-state index contributed by atoms with van der Waals surface area (Å²) in [5.41, 5.74) is 0.243. The highest BCUT2D eigenvalue weighted by Gasteiger charge is 2.48. The number of carbonyl (C=O) groups is 2. The lowest BCUT2D eigenvalue weighted by Crippen LogP contribution is -2.59. The number of hydrogen-bond donors (Lipinski definition) is 2. The molecule has 0 radical (unpaired) electrons. The third kappa shape index (κ3) is 4.23. The van der Waals surface area contributed by atoms with Crippen LogP contribution in [0.5, 0.6) is 0 Å². The van der Waals surface area contributed by atoms with Crippen molar-refractivity contribution in [2.24, 2.45) is 11.8 Å². The number of carboxylic acids is 1. The Balaban J connectivity index is 1.88. The number of aliphatic carboxylic acids is 1. The monoisotopic (exact) mass is 305 g/mol.